The molecule has 104 valence electrons. The number of hydrogen-bond donors (Lipinski definition) is 1. The standard InChI is InChI=1S/C15H33NO/c1-5-6-7-8-9-10-15(14(2)3)13-16-11-12-17-4/h14-16H,5-13H2,1-4H3. The second kappa shape index (κ2) is 12.4. The Bertz CT molecular complexity index is 148. The highest BCUT2D eigenvalue weighted by atomic mass is 16.5. The molecule has 0 aliphatic carbocycles. The molecule has 2 nitrogen and oxygen atoms in total. The molecule has 0 spiro atoms. The fraction of sp³-hybridized carbons (Fsp3) is 1.00. The predicted octanol–water partition coefficient (Wildman–Crippen LogP) is 3.86. The maximum Gasteiger partial charge on any atom is 0.0587 e. The van der Waals surface area contributed by atoms with E-state index in [2.05, 4.69) is 26.1 Å². The van der Waals surface area contributed by atoms with Crippen LogP contribution in [-0.4, -0.2) is 26.8 Å². The molecule has 0 fully saturated rings. The molecule has 0 rings (SSSR count). The van der Waals surface area contributed by atoms with Crippen molar-refractivity contribution in [2.45, 2.75) is 59.3 Å². The Balaban J connectivity index is 3.53. The van der Waals surface area contributed by atoms with Gasteiger partial charge in [0.25, 0.3) is 0 Å². The van der Waals surface area contributed by atoms with E-state index in [4.69, 9.17) is 4.74 Å². The fourth-order valence-corrected chi connectivity index (χ4v) is 2.14. The Hall–Kier alpha value is -0.0800. The summed E-state index contributed by atoms with van der Waals surface area (Å²) >= 11 is 0. The zero-order valence-electron chi connectivity index (χ0n) is 12.4. The lowest BCUT2D eigenvalue weighted by Crippen LogP contribution is -2.28. The molecule has 0 aliphatic heterocycles. The largest absolute Gasteiger partial charge is 0.383 e. The van der Waals surface area contributed by atoms with Crippen molar-refractivity contribution >= 4 is 0 Å². The Morgan fingerprint density at radius 1 is 1.06 bits per heavy atom. The first-order valence-corrected chi connectivity index (χ1v) is 7.42. The summed E-state index contributed by atoms with van der Waals surface area (Å²) in [5.74, 6) is 1.62. The zero-order valence-corrected chi connectivity index (χ0v) is 12.4. The third kappa shape index (κ3) is 10.8. The summed E-state index contributed by atoms with van der Waals surface area (Å²) in [6.45, 7) is 9.91. The van der Waals surface area contributed by atoms with Crippen LogP contribution in [0.5, 0.6) is 0 Å². The normalized spacial score (nSPS) is 13.2. The van der Waals surface area contributed by atoms with Gasteiger partial charge in [-0.15, -0.1) is 0 Å². The van der Waals surface area contributed by atoms with Gasteiger partial charge in [0, 0.05) is 13.7 Å². The molecule has 0 saturated carbocycles. The molecule has 0 amide bonds. The minimum absolute atomic E-state index is 0.788. The van der Waals surface area contributed by atoms with Crippen molar-refractivity contribution in [3.63, 3.8) is 0 Å². The van der Waals surface area contributed by atoms with Gasteiger partial charge in [-0.3, -0.25) is 0 Å². The molecule has 17 heavy (non-hydrogen) atoms. The van der Waals surface area contributed by atoms with E-state index < -0.39 is 0 Å². The van der Waals surface area contributed by atoms with Crippen LogP contribution in [-0.2, 0) is 4.74 Å². The Morgan fingerprint density at radius 2 is 1.76 bits per heavy atom. The SMILES string of the molecule is CCCCCCCC(CNCCOC)C(C)C. The van der Waals surface area contributed by atoms with Gasteiger partial charge in [0.1, 0.15) is 0 Å². The van der Waals surface area contributed by atoms with Gasteiger partial charge in [-0.2, -0.15) is 0 Å². The average Bonchev–Trinajstić information content (AvgIpc) is 2.31. The van der Waals surface area contributed by atoms with Gasteiger partial charge in [-0.1, -0.05) is 52.9 Å². The maximum absolute atomic E-state index is 5.05. The van der Waals surface area contributed by atoms with E-state index in [0.29, 0.717) is 0 Å². The quantitative estimate of drug-likeness (QED) is 0.526. The molecule has 0 radical (unpaired) electrons. The van der Waals surface area contributed by atoms with Crippen molar-refractivity contribution in [2.75, 3.05) is 26.8 Å². The predicted molar refractivity (Wildman–Crippen MR) is 76.4 cm³/mol. The van der Waals surface area contributed by atoms with E-state index in [1.165, 1.54) is 38.5 Å². The van der Waals surface area contributed by atoms with Crippen LogP contribution in [0.25, 0.3) is 0 Å². The molecular formula is C15H33NO. The maximum atomic E-state index is 5.05. The summed E-state index contributed by atoms with van der Waals surface area (Å²) in [5.41, 5.74) is 0. The van der Waals surface area contributed by atoms with Crippen LogP contribution < -0.4 is 5.32 Å². The van der Waals surface area contributed by atoms with Crippen molar-refractivity contribution in [1.82, 2.24) is 5.32 Å². The summed E-state index contributed by atoms with van der Waals surface area (Å²) in [5, 5.41) is 3.49. The van der Waals surface area contributed by atoms with Crippen LogP contribution in [0.1, 0.15) is 59.3 Å². The fourth-order valence-electron chi connectivity index (χ4n) is 2.14. The lowest BCUT2D eigenvalue weighted by Gasteiger charge is -2.21. The molecule has 0 saturated heterocycles. The van der Waals surface area contributed by atoms with Crippen LogP contribution in [0.3, 0.4) is 0 Å². The summed E-state index contributed by atoms with van der Waals surface area (Å²) in [7, 11) is 1.76. The second-order valence-corrected chi connectivity index (χ2v) is 5.40. The van der Waals surface area contributed by atoms with Gasteiger partial charge in [0.2, 0.25) is 0 Å². The summed E-state index contributed by atoms with van der Waals surface area (Å²) < 4.78 is 5.05. The first kappa shape index (κ1) is 16.9. The molecule has 0 aromatic rings. The first-order valence-electron chi connectivity index (χ1n) is 7.42. The number of nitrogens with one attached hydrogen (secondary N) is 1. The molecule has 2 heteroatoms. The highest BCUT2D eigenvalue weighted by Crippen LogP contribution is 2.18. The van der Waals surface area contributed by atoms with Gasteiger partial charge in [-0.25, -0.2) is 0 Å². The number of methoxy groups -OCH3 is 1. The van der Waals surface area contributed by atoms with E-state index in [-0.39, 0.29) is 0 Å². The Labute approximate surface area is 109 Å². The third-order valence-corrected chi connectivity index (χ3v) is 3.51. The van der Waals surface area contributed by atoms with Gasteiger partial charge in [-0.05, 0) is 24.8 Å². The van der Waals surface area contributed by atoms with E-state index in [1.54, 1.807) is 7.11 Å². The van der Waals surface area contributed by atoms with Crippen LogP contribution in [0, 0.1) is 11.8 Å². The van der Waals surface area contributed by atoms with Crippen molar-refractivity contribution in [1.29, 1.82) is 0 Å². The molecule has 0 aliphatic rings. The Kier molecular flexibility index (Phi) is 12.3. The number of unbranched alkanes of at least 4 members (excludes halogenated alkanes) is 4. The van der Waals surface area contributed by atoms with Crippen LogP contribution >= 0.6 is 0 Å². The highest BCUT2D eigenvalue weighted by molar-refractivity contribution is 4.66. The first-order chi connectivity index (χ1) is 8.22. The molecular weight excluding hydrogens is 210 g/mol. The zero-order chi connectivity index (χ0) is 12.9. The van der Waals surface area contributed by atoms with Crippen molar-refractivity contribution in [2.24, 2.45) is 11.8 Å². The minimum Gasteiger partial charge on any atom is -0.383 e. The lowest BCUT2D eigenvalue weighted by molar-refractivity contribution is 0.195. The number of ether oxygens (including phenoxy) is 1. The second-order valence-electron chi connectivity index (χ2n) is 5.40. The van der Waals surface area contributed by atoms with Gasteiger partial charge in [0.15, 0.2) is 0 Å². The van der Waals surface area contributed by atoms with Crippen molar-refractivity contribution in [3.05, 3.63) is 0 Å². The number of rotatable bonds is 12. The van der Waals surface area contributed by atoms with Gasteiger partial charge in [0.05, 0.1) is 6.61 Å². The smallest absolute Gasteiger partial charge is 0.0587 e. The molecule has 0 heterocycles. The molecule has 0 bridgehead atoms. The van der Waals surface area contributed by atoms with Crippen LogP contribution in [0.4, 0.5) is 0 Å². The molecule has 1 atom stereocenters. The van der Waals surface area contributed by atoms with Crippen LogP contribution in [0.15, 0.2) is 0 Å². The summed E-state index contributed by atoms with van der Waals surface area (Å²) in [6.07, 6.45) is 8.34. The van der Waals surface area contributed by atoms with Gasteiger partial charge < -0.3 is 10.1 Å². The monoisotopic (exact) mass is 243 g/mol. The molecule has 1 N–H and O–H groups in total. The third-order valence-electron chi connectivity index (χ3n) is 3.51. The lowest BCUT2D eigenvalue weighted by atomic mass is 9.90. The minimum atomic E-state index is 0.788. The van der Waals surface area contributed by atoms with E-state index in [9.17, 15) is 0 Å². The van der Waals surface area contributed by atoms with E-state index in [0.717, 1.165) is 31.5 Å². The van der Waals surface area contributed by atoms with E-state index >= 15 is 0 Å². The highest BCUT2D eigenvalue weighted by Gasteiger charge is 2.12. The van der Waals surface area contributed by atoms with Gasteiger partial charge >= 0.3 is 0 Å². The number of hydrogen-bond acceptors (Lipinski definition) is 2. The average molecular weight is 243 g/mol. The Morgan fingerprint density at radius 3 is 2.35 bits per heavy atom. The molecule has 1 unspecified atom stereocenters. The van der Waals surface area contributed by atoms with Crippen LogP contribution in [0.2, 0.25) is 0 Å². The van der Waals surface area contributed by atoms with Crippen molar-refractivity contribution in [3.8, 4) is 0 Å². The van der Waals surface area contributed by atoms with E-state index in [1.807, 2.05) is 0 Å². The topological polar surface area (TPSA) is 21.3 Å². The summed E-state index contributed by atoms with van der Waals surface area (Å²) in [6, 6.07) is 0. The van der Waals surface area contributed by atoms with Crippen molar-refractivity contribution < 1.29 is 4.74 Å². The molecule has 0 aromatic heterocycles. The summed E-state index contributed by atoms with van der Waals surface area (Å²) in [4.78, 5) is 0. The molecule has 0 aromatic carbocycles.